The zero-order valence-corrected chi connectivity index (χ0v) is 20.0. The third kappa shape index (κ3) is 5.48. The Morgan fingerprint density at radius 1 is 0.944 bits per heavy atom. The molecule has 5 nitrogen and oxygen atoms in total. The molecule has 1 atom stereocenters. The van der Waals surface area contributed by atoms with Crippen LogP contribution < -0.4 is 14.8 Å². The molecule has 0 aliphatic heterocycles. The summed E-state index contributed by atoms with van der Waals surface area (Å²) in [6, 6.07) is 18.3. The van der Waals surface area contributed by atoms with E-state index in [1.54, 1.807) is 32.5 Å². The fourth-order valence-electron chi connectivity index (χ4n) is 4.47. The molecule has 0 fully saturated rings. The van der Waals surface area contributed by atoms with Crippen LogP contribution in [-0.2, 0) is 17.4 Å². The van der Waals surface area contributed by atoms with Gasteiger partial charge in [0.15, 0.2) is 11.5 Å². The van der Waals surface area contributed by atoms with Crippen LogP contribution in [0.3, 0.4) is 0 Å². The van der Waals surface area contributed by atoms with Crippen molar-refractivity contribution in [3.05, 3.63) is 95.2 Å². The Morgan fingerprint density at radius 3 is 2.42 bits per heavy atom. The molecule has 1 aromatic heterocycles. The van der Waals surface area contributed by atoms with Crippen LogP contribution in [0.4, 0.5) is 13.2 Å². The van der Waals surface area contributed by atoms with Gasteiger partial charge in [-0.2, -0.15) is 13.2 Å². The molecule has 2 N–H and O–H groups in total. The number of fused-ring (bicyclic) bond motifs is 1. The molecular formula is C28H27F3N2O3. The average Bonchev–Trinajstić information content (AvgIpc) is 3.30. The summed E-state index contributed by atoms with van der Waals surface area (Å²) in [7, 11) is 3.10. The van der Waals surface area contributed by atoms with Crippen molar-refractivity contribution in [3.8, 4) is 11.5 Å². The van der Waals surface area contributed by atoms with Crippen molar-refractivity contribution >= 4 is 16.8 Å². The van der Waals surface area contributed by atoms with E-state index in [2.05, 4.69) is 10.3 Å². The number of hydrogen-bond donors (Lipinski definition) is 2. The minimum absolute atomic E-state index is 0.0739. The number of methoxy groups -OCH3 is 2. The predicted octanol–water partition coefficient (Wildman–Crippen LogP) is 6.08. The first-order valence-electron chi connectivity index (χ1n) is 11.5. The van der Waals surface area contributed by atoms with Crippen molar-refractivity contribution in [1.29, 1.82) is 0 Å². The average molecular weight is 497 g/mol. The maximum atomic E-state index is 13.9. The molecule has 0 spiro atoms. The van der Waals surface area contributed by atoms with Crippen LogP contribution >= 0.6 is 0 Å². The van der Waals surface area contributed by atoms with Gasteiger partial charge in [-0.25, -0.2) is 0 Å². The summed E-state index contributed by atoms with van der Waals surface area (Å²) < 4.78 is 52.2. The number of para-hydroxylation sites is 1. The number of carbonyl (C=O) groups excluding carboxylic acids is 1. The number of amides is 1. The number of benzene rings is 3. The largest absolute Gasteiger partial charge is 0.493 e. The van der Waals surface area contributed by atoms with Gasteiger partial charge in [0.25, 0.3) is 0 Å². The number of halogens is 3. The molecule has 188 valence electrons. The molecule has 0 aliphatic rings. The first-order valence-corrected chi connectivity index (χ1v) is 11.5. The molecule has 0 radical (unpaired) electrons. The zero-order valence-electron chi connectivity index (χ0n) is 20.0. The van der Waals surface area contributed by atoms with Crippen LogP contribution in [0.25, 0.3) is 10.9 Å². The van der Waals surface area contributed by atoms with E-state index in [4.69, 9.17) is 9.47 Å². The van der Waals surface area contributed by atoms with Gasteiger partial charge in [0, 0.05) is 36.0 Å². The lowest BCUT2D eigenvalue weighted by Crippen LogP contribution is -2.28. The first kappa shape index (κ1) is 25.2. The smallest absolute Gasteiger partial charge is 0.416 e. The summed E-state index contributed by atoms with van der Waals surface area (Å²) in [5.74, 6) is 0.0856. The number of carbonyl (C=O) groups is 1. The van der Waals surface area contributed by atoms with E-state index in [0.29, 0.717) is 30.0 Å². The van der Waals surface area contributed by atoms with Crippen LogP contribution in [0.1, 0.15) is 34.6 Å². The third-order valence-corrected chi connectivity index (χ3v) is 6.21. The molecule has 3 aromatic carbocycles. The lowest BCUT2D eigenvalue weighted by molar-refractivity contribution is -0.138. The molecular weight excluding hydrogens is 469 g/mol. The second kappa shape index (κ2) is 10.8. The second-order valence-corrected chi connectivity index (χ2v) is 8.42. The lowest BCUT2D eigenvalue weighted by Gasteiger charge is -2.21. The Hall–Kier alpha value is -3.94. The number of hydrogen-bond acceptors (Lipinski definition) is 3. The van der Waals surface area contributed by atoms with E-state index in [1.165, 1.54) is 12.1 Å². The molecule has 0 bridgehead atoms. The Morgan fingerprint density at radius 2 is 1.67 bits per heavy atom. The van der Waals surface area contributed by atoms with E-state index in [0.717, 1.165) is 22.5 Å². The van der Waals surface area contributed by atoms with Gasteiger partial charge in [-0.15, -0.1) is 0 Å². The van der Waals surface area contributed by atoms with Crippen molar-refractivity contribution in [2.45, 2.75) is 24.9 Å². The van der Waals surface area contributed by atoms with Crippen LogP contribution in [0, 0.1) is 0 Å². The zero-order chi connectivity index (χ0) is 25.7. The first-order chi connectivity index (χ1) is 17.3. The van der Waals surface area contributed by atoms with Gasteiger partial charge in [-0.3, -0.25) is 4.79 Å². The van der Waals surface area contributed by atoms with Gasteiger partial charge in [0.1, 0.15) is 0 Å². The quantitative estimate of drug-likeness (QED) is 0.295. The van der Waals surface area contributed by atoms with E-state index < -0.39 is 17.7 Å². The molecule has 4 rings (SSSR count). The van der Waals surface area contributed by atoms with Gasteiger partial charge >= 0.3 is 6.18 Å². The minimum Gasteiger partial charge on any atom is -0.493 e. The van der Waals surface area contributed by atoms with E-state index >= 15 is 0 Å². The number of H-pyrrole nitrogens is 1. The summed E-state index contributed by atoms with van der Waals surface area (Å²) in [5, 5.41) is 3.65. The number of aromatic nitrogens is 1. The number of aromatic amines is 1. The Labute approximate surface area is 207 Å². The van der Waals surface area contributed by atoms with Crippen molar-refractivity contribution in [3.63, 3.8) is 0 Å². The summed E-state index contributed by atoms with van der Waals surface area (Å²) in [4.78, 5) is 16.1. The molecule has 0 saturated carbocycles. The van der Waals surface area contributed by atoms with E-state index in [9.17, 15) is 18.0 Å². The van der Waals surface area contributed by atoms with Crippen molar-refractivity contribution < 1.29 is 27.4 Å². The highest BCUT2D eigenvalue weighted by Crippen LogP contribution is 2.40. The fraction of sp³-hybridized carbons (Fsp3) is 0.250. The maximum absolute atomic E-state index is 13.9. The Bertz CT molecular complexity index is 1350. The molecule has 1 heterocycles. The van der Waals surface area contributed by atoms with Crippen molar-refractivity contribution in [2.24, 2.45) is 0 Å². The van der Waals surface area contributed by atoms with Gasteiger partial charge in [0.05, 0.1) is 19.8 Å². The normalized spacial score (nSPS) is 12.4. The van der Waals surface area contributed by atoms with Crippen LogP contribution in [0.2, 0.25) is 0 Å². The number of alkyl halides is 3. The molecule has 4 aromatic rings. The minimum atomic E-state index is -4.54. The van der Waals surface area contributed by atoms with Gasteiger partial charge < -0.3 is 19.8 Å². The Balaban J connectivity index is 1.56. The monoisotopic (exact) mass is 496 g/mol. The molecule has 0 aliphatic carbocycles. The summed E-state index contributed by atoms with van der Waals surface area (Å²) in [6.07, 6.45) is -2.44. The summed E-state index contributed by atoms with van der Waals surface area (Å²) in [6.45, 7) is 0.329. The number of rotatable bonds is 9. The van der Waals surface area contributed by atoms with Crippen LogP contribution in [0.15, 0.2) is 72.9 Å². The highest BCUT2D eigenvalue weighted by molar-refractivity contribution is 5.86. The Kier molecular flexibility index (Phi) is 7.52. The van der Waals surface area contributed by atoms with Gasteiger partial charge in [0.2, 0.25) is 5.91 Å². The topological polar surface area (TPSA) is 63.3 Å². The third-order valence-electron chi connectivity index (χ3n) is 6.21. The van der Waals surface area contributed by atoms with Gasteiger partial charge in [-0.1, -0.05) is 42.5 Å². The van der Waals surface area contributed by atoms with E-state index in [-0.39, 0.29) is 17.9 Å². The van der Waals surface area contributed by atoms with Crippen molar-refractivity contribution in [2.75, 3.05) is 20.8 Å². The van der Waals surface area contributed by atoms with Crippen LogP contribution in [-0.4, -0.2) is 31.7 Å². The fourth-order valence-corrected chi connectivity index (χ4v) is 4.47. The molecule has 8 heteroatoms. The second-order valence-electron chi connectivity index (χ2n) is 8.42. The maximum Gasteiger partial charge on any atom is 0.416 e. The standard InChI is InChI=1S/C28H27F3N2O3/c1-35-25-12-11-18(15-26(25)36-2)13-14-32-27(34)16-21(19-7-3-5-9-23(19)28(29,30)31)22-17-33-24-10-6-4-8-20(22)24/h3-12,15,17,21,33H,13-14,16H2,1-2H3,(H,32,34)/t21-/m1/s1. The number of nitrogens with one attached hydrogen (secondary N) is 2. The SMILES string of the molecule is COc1ccc(CCNC(=O)C[C@H](c2ccccc2C(F)(F)F)c2c[nH]c3ccccc23)cc1OC. The van der Waals surface area contributed by atoms with Crippen LogP contribution in [0.5, 0.6) is 11.5 Å². The highest BCUT2D eigenvalue weighted by atomic mass is 19.4. The summed E-state index contributed by atoms with van der Waals surface area (Å²) >= 11 is 0. The molecule has 0 unspecified atom stereocenters. The van der Waals surface area contributed by atoms with E-state index in [1.807, 2.05) is 36.4 Å². The lowest BCUT2D eigenvalue weighted by atomic mass is 9.85. The molecule has 0 saturated heterocycles. The number of ether oxygens (including phenoxy) is 2. The van der Waals surface area contributed by atoms with Crippen molar-refractivity contribution in [1.82, 2.24) is 10.3 Å². The highest BCUT2D eigenvalue weighted by Gasteiger charge is 2.36. The van der Waals surface area contributed by atoms with Gasteiger partial charge in [-0.05, 0) is 47.4 Å². The summed E-state index contributed by atoms with van der Waals surface area (Å²) in [5.41, 5.74) is 1.72. The molecule has 36 heavy (non-hydrogen) atoms. The molecule has 1 amide bonds. The predicted molar refractivity (Wildman–Crippen MR) is 132 cm³/mol.